The summed E-state index contributed by atoms with van der Waals surface area (Å²) in [6.45, 7) is 0.579. The Balaban J connectivity index is 2.22. The average Bonchev–Trinajstić information content (AvgIpc) is 2.38. The maximum absolute atomic E-state index is 8.71. The van der Waals surface area contributed by atoms with Crippen molar-refractivity contribution in [2.24, 2.45) is 0 Å². The monoisotopic (exact) mass is 215 g/mol. The van der Waals surface area contributed by atoms with Crippen LogP contribution in [0.4, 0.5) is 5.82 Å². The Morgan fingerprint density at radius 1 is 1.12 bits per heavy atom. The predicted molar refractivity (Wildman–Crippen MR) is 63.0 cm³/mol. The summed E-state index contributed by atoms with van der Waals surface area (Å²) in [5.41, 5.74) is 0.982. The molecule has 4 nitrogen and oxygen atoms in total. The second-order valence-electron chi connectivity index (χ2n) is 3.28. The van der Waals surface area contributed by atoms with E-state index in [0.29, 0.717) is 12.4 Å². The second-order valence-corrected chi connectivity index (χ2v) is 3.28. The number of hydrogen-bond donors (Lipinski definition) is 2. The Labute approximate surface area is 94.0 Å². The number of hydrogen-bond acceptors (Lipinski definition) is 4. The molecule has 0 saturated heterocycles. The van der Waals surface area contributed by atoms with Crippen molar-refractivity contribution in [3.63, 3.8) is 0 Å². The number of aliphatic hydroxyl groups excluding tert-OH is 1. The van der Waals surface area contributed by atoms with Crippen LogP contribution in [-0.2, 0) is 0 Å². The fraction of sp³-hybridized carbons (Fsp3) is 0.167. The molecule has 1 aromatic carbocycles. The van der Waals surface area contributed by atoms with Gasteiger partial charge in [-0.3, -0.25) is 0 Å². The predicted octanol–water partition coefficient (Wildman–Crippen LogP) is 1.55. The highest BCUT2D eigenvalue weighted by Crippen LogP contribution is 2.14. The molecule has 2 N–H and O–H groups in total. The van der Waals surface area contributed by atoms with Gasteiger partial charge in [-0.2, -0.15) is 0 Å². The van der Waals surface area contributed by atoms with E-state index in [-0.39, 0.29) is 6.61 Å². The molecule has 0 fully saturated rings. The van der Waals surface area contributed by atoms with Crippen LogP contribution in [0.5, 0.6) is 0 Å². The van der Waals surface area contributed by atoms with Gasteiger partial charge in [0.1, 0.15) is 5.82 Å². The molecule has 0 atom stereocenters. The number of nitrogens with one attached hydrogen (secondary N) is 1. The van der Waals surface area contributed by atoms with Gasteiger partial charge >= 0.3 is 0 Å². The van der Waals surface area contributed by atoms with Gasteiger partial charge in [0.25, 0.3) is 0 Å². The second kappa shape index (κ2) is 5.23. The number of aliphatic hydroxyl groups is 1. The third-order valence-electron chi connectivity index (χ3n) is 2.11. The quantitative estimate of drug-likeness (QED) is 0.812. The molecule has 82 valence electrons. The fourth-order valence-electron chi connectivity index (χ4n) is 1.37. The van der Waals surface area contributed by atoms with E-state index in [4.69, 9.17) is 5.11 Å². The van der Waals surface area contributed by atoms with Crippen LogP contribution in [0.1, 0.15) is 0 Å². The van der Waals surface area contributed by atoms with Crippen LogP contribution in [0.15, 0.2) is 42.6 Å². The van der Waals surface area contributed by atoms with Crippen molar-refractivity contribution in [1.82, 2.24) is 9.97 Å². The van der Waals surface area contributed by atoms with E-state index in [0.717, 1.165) is 11.4 Å². The van der Waals surface area contributed by atoms with Gasteiger partial charge < -0.3 is 10.4 Å². The Morgan fingerprint density at radius 2 is 1.94 bits per heavy atom. The summed E-state index contributed by atoms with van der Waals surface area (Å²) >= 11 is 0. The Kier molecular flexibility index (Phi) is 3.46. The molecule has 0 aliphatic rings. The summed E-state index contributed by atoms with van der Waals surface area (Å²) in [7, 11) is 0. The van der Waals surface area contributed by atoms with Crippen LogP contribution in [-0.4, -0.2) is 28.2 Å². The summed E-state index contributed by atoms with van der Waals surface area (Å²) in [6, 6.07) is 11.6. The molecule has 4 heteroatoms. The molecule has 0 saturated carbocycles. The van der Waals surface area contributed by atoms with Crippen LogP contribution < -0.4 is 5.32 Å². The van der Waals surface area contributed by atoms with E-state index in [9.17, 15) is 0 Å². The molecule has 0 aliphatic heterocycles. The first-order chi connectivity index (χ1) is 7.90. The number of anilines is 1. The zero-order chi connectivity index (χ0) is 11.2. The van der Waals surface area contributed by atoms with E-state index in [1.54, 1.807) is 12.3 Å². The van der Waals surface area contributed by atoms with Gasteiger partial charge in [-0.25, -0.2) is 9.97 Å². The first-order valence-electron chi connectivity index (χ1n) is 5.13. The summed E-state index contributed by atoms with van der Waals surface area (Å²) in [6.07, 6.45) is 1.70. The van der Waals surface area contributed by atoms with Crippen LogP contribution in [0.3, 0.4) is 0 Å². The minimum atomic E-state index is 0.0880. The summed E-state index contributed by atoms with van der Waals surface area (Å²) in [4.78, 5) is 8.55. The SMILES string of the molecule is OCCNc1ccnc(-c2ccccc2)n1. The Hall–Kier alpha value is -1.94. The van der Waals surface area contributed by atoms with Gasteiger partial charge in [-0.1, -0.05) is 30.3 Å². The minimum Gasteiger partial charge on any atom is -0.395 e. The zero-order valence-corrected chi connectivity index (χ0v) is 8.80. The van der Waals surface area contributed by atoms with Crippen molar-refractivity contribution in [2.45, 2.75) is 0 Å². The van der Waals surface area contributed by atoms with Gasteiger partial charge in [0.15, 0.2) is 5.82 Å². The van der Waals surface area contributed by atoms with E-state index >= 15 is 0 Å². The average molecular weight is 215 g/mol. The summed E-state index contributed by atoms with van der Waals surface area (Å²) < 4.78 is 0. The molecular weight excluding hydrogens is 202 g/mol. The Bertz CT molecular complexity index is 445. The summed E-state index contributed by atoms with van der Waals surface area (Å²) in [5, 5.41) is 11.7. The minimum absolute atomic E-state index is 0.0880. The first-order valence-corrected chi connectivity index (χ1v) is 5.13. The van der Waals surface area contributed by atoms with Gasteiger partial charge in [-0.05, 0) is 6.07 Å². The molecular formula is C12H13N3O. The molecule has 0 radical (unpaired) electrons. The molecule has 0 unspecified atom stereocenters. The first kappa shape index (κ1) is 10.6. The third-order valence-corrected chi connectivity index (χ3v) is 2.11. The van der Waals surface area contributed by atoms with Crippen LogP contribution in [0.25, 0.3) is 11.4 Å². The molecule has 0 bridgehead atoms. The number of benzene rings is 1. The molecule has 2 aromatic rings. The lowest BCUT2D eigenvalue weighted by Gasteiger charge is -2.05. The lowest BCUT2D eigenvalue weighted by atomic mass is 10.2. The Morgan fingerprint density at radius 3 is 2.69 bits per heavy atom. The molecule has 0 spiro atoms. The number of nitrogens with zero attached hydrogens (tertiary/aromatic N) is 2. The van der Waals surface area contributed by atoms with Crippen LogP contribution >= 0.6 is 0 Å². The van der Waals surface area contributed by atoms with E-state index in [1.165, 1.54) is 0 Å². The molecule has 16 heavy (non-hydrogen) atoms. The molecule has 0 amide bonds. The van der Waals surface area contributed by atoms with Gasteiger partial charge in [0.05, 0.1) is 6.61 Å². The maximum atomic E-state index is 8.71. The van der Waals surface area contributed by atoms with Crippen molar-refractivity contribution >= 4 is 5.82 Å². The van der Waals surface area contributed by atoms with Crippen molar-refractivity contribution in [2.75, 3.05) is 18.5 Å². The van der Waals surface area contributed by atoms with E-state index in [2.05, 4.69) is 15.3 Å². The number of aromatic nitrogens is 2. The highest BCUT2D eigenvalue weighted by molar-refractivity contribution is 5.56. The zero-order valence-electron chi connectivity index (χ0n) is 8.80. The van der Waals surface area contributed by atoms with Crippen molar-refractivity contribution in [1.29, 1.82) is 0 Å². The number of rotatable bonds is 4. The largest absolute Gasteiger partial charge is 0.395 e. The van der Waals surface area contributed by atoms with Crippen molar-refractivity contribution < 1.29 is 5.11 Å². The molecule has 0 aliphatic carbocycles. The van der Waals surface area contributed by atoms with E-state index < -0.39 is 0 Å². The van der Waals surface area contributed by atoms with Gasteiger partial charge in [0.2, 0.25) is 0 Å². The topological polar surface area (TPSA) is 58.0 Å². The third kappa shape index (κ3) is 2.55. The molecule has 1 heterocycles. The standard InChI is InChI=1S/C12H13N3O/c16-9-8-13-11-6-7-14-12(15-11)10-4-2-1-3-5-10/h1-7,16H,8-9H2,(H,13,14,15). The molecule has 1 aromatic heterocycles. The highest BCUT2D eigenvalue weighted by atomic mass is 16.3. The summed E-state index contributed by atoms with van der Waals surface area (Å²) in [5.74, 6) is 1.41. The van der Waals surface area contributed by atoms with Crippen LogP contribution in [0.2, 0.25) is 0 Å². The highest BCUT2D eigenvalue weighted by Gasteiger charge is 2.00. The van der Waals surface area contributed by atoms with Crippen molar-refractivity contribution in [3.8, 4) is 11.4 Å². The van der Waals surface area contributed by atoms with Gasteiger partial charge in [0, 0.05) is 18.3 Å². The van der Waals surface area contributed by atoms with Gasteiger partial charge in [-0.15, -0.1) is 0 Å². The fourth-order valence-corrected chi connectivity index (χ4v) is 1.37. The maximum Gasteiger partial charge on any atom is 0.161 e. The lowest BCUT2D eigenvalue weighted by molar-refractivity contribution is 0.311. The van der Waals surface area contributed by atoms with Crippen LogP contribution in [0, 0.1) is 0 Å². The van der Waals surface area contributed by atoms with Crippen molar-refractivity contribution in [3.05, 3.63) is 42.6 Å². The molecule has 2 rings (SSSR count). The smallest absolute Gasteiger partial charge is 0.161 e. The normalized spacial score (nSPS) is 10.1. The lowest BCUT2D eigenvalue weighted by Crippen LogP contribution is -2.07. The van der Waals surface area contributed by atoms with E-state index in [1.807, 2.05) is 30.3 Å².